The van der Waals surface area contributed by atoms with E-state index in [0.29, 0.717) is 0 Å². The van der Waals surface area contributed by atoms with E-state index in [-0.39, 0.29) is 6.04 Å². The highest BCUT2D eigenvalue weighted by Gasteiger charge is 2.14. The Labute approximate surface area is 126 Å². The zero-order chi connectivity index (χ0) is 14.7. The van der Waals surface area contributed by atoms with Crippen molar-refractivity contribution in [2.75, 3.05) is 0 Å². The summed E-state index contributed by atoms with van der Waals surface area (Å²) >= 11 is 6.33. The van der Waals surface area contributed by atoms with Gasteiger partial charge in [-0.25, -0.2) is 0 Å². The van der Waals surface area contributed by atoms with Gasteiger partial charge in [0.1, 0.15) is 0 Å². The summed E-state index contributed by atoms with van der Waals surface area (Å²) in [4.78, 5) is 0. The minimum atomic E-state index is 0.285. The number of aromatic nitrogens is 2. The zero-order valence-corrected chi connectivity index (χ0v) is 13.3. The fourth-order valence-corrected chi connectivity index (χ4v) is 2.67. The number of aryl methyl sites for hydroxylation is 3. The number of halogens is 1. The van der Waals surface area contributed by atoms with Gasteiger partial charge in [-0.1, -0.05) is 35.9 Å². The Kier molecular flexibility index (Phi) is 4.84. The summed E-state index contributed by atoms with van der Waals surface area (Å²) in [6.07, 6.45) is 0. The standard InChI is InChI=1S/C16H22ClN3/c1-5-20-15(16(17)13(4)19-20)10-18-12(3)14-9-7-6-8-11(14)2/h6-9,12,18H,5,10H2,1-4H3/t12-/m1/s1. The third-order valence-electron chi connectivity index (χ3n) is 3.68. The molecule has 0 bridgehead atoms. The average Bonchev–Trinajstić information content (AvgIpc) is 2.72. The number of hydrogen-bond acceptors (Lipinski definition) is 2. The predicted octanol–water partition coefficient (Wildman–Crippen LogP) is 4.02. The molecule has 0 spiro atoms. The molecule has 0 amide bonds. The van der Waals surface area contributed by atoms with E-state index in [4.69, 9.17) is 11.6 Å². The van der Waals surface area contributed by atoms with Crippen LogP contribution in [-0.2, 0) is 13.1 Å². The number of hydrogen-bond donors (Lipinski definition) is 1. The SMILES string of the molecule is CCn1nc(C)c(Cl)c1CN[C@H](C)c1ccccc1C. The Hall–Kier alpha value is -1.32. The lowest BCUT2D eigenvalue weighted by atomic mass is 10.0. The molecule has 2 aromatic rings. The van der Waals surface area contributed by atoms with Crippen LogP contribution in [0.5, 0.6) is 0 Å². The van der Waals surface area contributed by atoms with Crippen LogP contribution in [0.25, 0.3) is 0 Å². The van der Waals surface area contributed by atoms with Gasteiger partial charge in [-0.2, -0.15) is 5.10 Å². The summed E-state index contributed by atoms with van der Waals surface area (Å²) in [6.45, 7) is 9.91. The van der Waals surface area contributed by atoms with Crippen molar-refractivity contribution in [3.63, 3.8) is 0 Å². The molecular weight excluding hydrogens is 270 g/mol. The topological polar surface area (TPSA) is 29.9 Å². The van der Waals surface area contributed by atoms with E-state index in [1.807, 2.05) is 11.6 Å². The van der Waals surface area contributed by atoms with Crippen molar-refractivity contribution in [2.45, 2.75) is 46.8 Å². The van der Waals surface area contributed by atoms with E-state index < -0.39 is 0 Å². The molecule has 4 heteroatoms. The van der Waals surface area contributed by atoms with Crippen molar-refractivity contribution < 1.29 is 0 Å². The molecule has 0 aliphatic heterocycles. The van der Waals surface area contributed by atoms with Crippen LogP contribution >= 0.6 is 11.6 Å². The molecule has 0 aliphatic rings. The van der Waals surface area contributed by atoms with Crippen LogP contribution in [-0.4, -0.2) is 9.78 Å². The second-order valence-corrected chi connectivity index (χ2v) is 5.50. The highest BCUT2D eigenvalue weighted by atomic mass is 35.5. The Balaban J connectivity index is 2.11. The van der Waals surface area contributed by atoms with Crippen molar-refractivity contribution in [3.05, 3.63) is 51.8 Å². The molecule has 1 atom stereocenters. The maximum Gasteiger partial charge on any atom is 0.0860 e. The normalized spacial score (nSPS) is 12.7. The lowest BCUT2D eigenvalue weighted by Gasteiger charge is -2.17. The summed E-state index contributed by atoms with van der Waals surface area (Å²) in [6, 6.07) is 8.73. The second kappa shape index (κ2) is 6.42. The average molecular weight is 292 g/mol. The van der Waals surface area contributed by atoms with Gasteiger partial charge in [-0.15, -0.1) is 0 Å². The fraction of sp³-hybridized carbons (Fsp3) is 0.438. The summed E-state index contributed by atoms with van der Waals surface area (Å²) in [7, 11) is 0. The Morgan fingerprint density at radius 3 is 2.65 bits per heavy atom. The quantitative estimate of drug-likeness (QED) is 0.901. The predicted molar refractivity (Wildman–Crippen MR) is 84.1 cm³/mol. The first-order valence-electron chi connectivity index (χ1n) is 7.05. The van der Waals surface area contributed by atoms with Gasteiger partial charge in [0.2, 0.25) is 0 Å². The van der Waals surface area contributed by atoms with Crippen molar-refractivity contribution >= 4 is 11.6 Å². The molecule has 0 aliphatic carbocycles. The molecule has 1 aromatic heterocycles. The van der Waals surface area contributed by atoms with Crippen molar-refractivity contribution in [1.29, 1.82) is 0 Å². The van der Waals surface area contributed by atoms with Crippen molar-refractivity contribution in [1.82, 2.24) is 15.1 Å². The van der Waals surface area contributed by atoms with Crippen LogP contribution in [0.15, 0.2) is 24.3 Å². The molecule has 20 heavy (non-hydrogen) atoms. The number of nitrogens with one attached hydrogen (secondary N) is 1. The Morgan fingerprint density at radius 1 is 1.30 bits per heavy atom. The molecule has 1 heterocycles. The summed E-state index contributed by atoms with van der Waals surface area (Å²) in [5, 5.41) is 8.76. The first kappa shape index (κ1) is 15.1. The van der Waals surface area contributed by atoms with Crippen LogP contribution < -0.4 is 5.32 Å². The second-order valence-electron chi connectivity index (χ2n) is 5.12. The van der Waals surface area contributed by atoms with E-state index in [0.717, 1.165) is 29.5 Å². The van der Waals surface area contributed by atoms with E-state index >= 15 is 0 Å². The molecular formula is C16H22ClN3. The van der Waals surface area contributed by atoms with E-state index in [1.165, 1.54) is 11.1 Å². The molecule has 0 saturated heterocycles. The molecule has 2 rings (SSSR count). The molecule has 0 radical (unpaired) electrons. The number of benzene rings is 1. The minimum Gasteiger partial charge on any atom is -0.305 e. The van der Waals surface area contributed by atoms with Gasteiger partial charge in [0.15, 0.2) is 0 Å². The maximum atomic E-state index is 6.33. The first-order valence-corrected chi connectivity index (χ1v) is 7.43. The number of rotatable bonds is 5. The minimum absolute atomic E-state index is 0.285. The molecule has 108 valence electrons. The maximum absolute atomic E-state index is 6.33. The molecule has 1 aromatic carbocycles. The van der Waals surface area contributed by atoms with Crippen LogP contribution in [0.3, 0.4) is 0 Å². The largest absolute Gasteiger partial charge is 0.305 e. The van der Waals surface area contributed by atoms with Crippen molar-refractivity contribution in [3.8, 4) is 0 Å². The highest BCUT2D eigenvalue weighted by Crippen LogP contribution is 2.22. The molecule has 0 fully saturated rings. The lowest BCUT2D eigenvalue weighted by Crippen LogP contribution is -2.21. The van der Waals surface area contributed by atoms with Gasteiger partial charge in [0.25, 0.3) is 0 Å². The van der Waals surface area contributed by atoms with Gasteiger partial charge in [-0.3, -0.25) is 4.68 Å². The van der Waals surface area contributed by atoms with E-state index in [1.54, 1.807) is 0 Å². The molecule has 3 nitrogen and oxygen atoms in total. The smallest absolute Gasteiger partial charge is 0.0860 e. The fourth-order valence-electron chi connectivity index (χ4n) is 2.47. The van der Waals surface area contributed by atoms with Crippen LogP contribution in [0, 0.1) is 13.8 Å². The summed E-state index contributed by atoms with van der Waals surface area (Å²) in [5.41, 5.74) is 4.59. The zero-order valence-electron chi connectivity index (χ0n) is 12.6. The van der Waals surface area contributed by atoms with E-state index in [2.05, 4.69) is 55.5 Å². The van der Waals surface area contributed by atoms with Gasteiger partial charge >= 0.3 is 0 Å². The lowest BCUT2D eigenvalue weighted by molar-refractivity contribution is 0.529. The van der Waals surface area contributed by atoms with Crippen LogP contribution in [0.4, 0.5) is 0 Å². The first-order chi connectivity index (χ1) is 9.54. The third kappa shape index (κ3) is 3.05. The summed E-state index contributed by atoms with van der Waals surface area (Å²) in [5.74, 6) is 0. The Bertz CT molecular complexity index is 589. The van der Waals surface area contributed by atoms with Crippen LogP contribution in [0.2, 0.25) is 5.02 Å². The Morgan fingerprint density at radius 2 is 2.00 bits per heavy atom. The number of nitrogens with zero attached hydrogens (tertiary/aromatic N) is 2. The monoisotopic (exact) mass is 291 g/mol. The van der Waals surface area contributed by atoms with Crippen molar-refractivity contribution in [2.24, 2.45) is 0 Å². The third-order valence-corrected chi connectivity index (χ3v) is 4.18. The highest BCUT2D eigenvalue weighted by molar-refractivity contribution is 6.31. The van der Waals surface area contributed by atoms with Gasteiger partial charge in [-0.05, 0) is 38.8 Å². The van der Waals surface area contributed by atoms with Gasteiger partial charge in [0.05, 0.1) is 16.4 Å². The molecule has 0 unspecified atom stereocenters. The van der Waals surface area contributed by atoms with Gasteiger partial charge < -0.3 is 5.32 Å². The van der Waals surface area contributed by atoms with Crippen LogP contribution in [0.1, 0.15) is 42.4 Å². The molecule has 1 N–H and O–H groups in total. The summed E-state index contributed by atoms with van der Waals surface area (Å²) < 4.78 is 1.97. The van der Waals surface area contributed by atoms with E-state index in [9.17, 15) is 0 Å². The molecule has 0 saturated carbocycles. The van der Waals surface area contributed by atoms with Gasteiger partial charge in [0, 0.05) is 19.1 Å².